The van der Waals surface area contributed by atoms with Gasteiger partial charge in [0.2, 0.25) is 0 Å². The molecule has 0 amide bonds. The number of Topliss-reactive ketones (excluding diaryl/α,β-unsaturated/α-hetero) is 1. The van der Waals surface area contributed by atoms with Crippen LogP contribution in [0.5, 0.6) is 11.5 Å². The number of piperidine rings is 1. The second kappa shape index (κ2) is 8.55. The Bertz CT molecular complexity index is 1080. The summed E-state index contributed by atoms with van der Waals surface area (Å²) in [4.78, 5) is 15.3. The number of likely N-dealkylation sites (tertiary alicyclic amines) is 1. The van der Waals surface area contributed by atoms with Crippen LogP contribution in [0.2, 0.25) is 0 Å². The largest absolute Gasteiger partial charge is 0.486 e. The van der Waals surface area contributed by atoms with Gasteiger partial charge in [0.05, 0.1) is 5.69 Å². The van der Waals surface area contributed by atoms with Crippen LogP contribution in [0, 0.1) is 5.92 Å². The second-order valence-electron chi connectivity index (χ2n) is 8.34. The lowest BCUT2D eigenvalue weighted by atomic mass is 9.90. The minimum Gasteiger partial charge on any atom is -0.486 e. The first-order chi connectivity index (χ1) is 15.2. The lowest BCUT2D eigenvalue weighted by Crippen LogP contribution is -2.38. The molecule has 31 heavy (non-hydrogen) atoms. The predicted molar refractivity (Wildman–Crippen MR) is 118 cm³/mol. The van der Waals surface area contributed by atoms with Crippen LogP contribution in [0.4, 0.5) is 0 Å². The number of benzene rings is 2. The fourth-order valence-electron chi connectivity index (χ4n) is 4.58. The van der Waals surface area contributed by atoms with Gasteiger partial charge in [-0.15, -0.1) is 0 Å². The van der Waals surface area contributed by atoms with Gasteiger partial charge < -0.3 is 9.47 Å². The molecular formula is C25H27N3O3. The monoisotopic (exact) mass is 417 g/mol. The summed E-state index contributed by atoms with van der Waals surface area (Å²) in [5.74, 6) is 1.85. The van der Waals surface area contributed by atoms with Crippen molar-refractivity contribution in [2.24, 2.45) is 13.0 Å². The van der Waals surface area contributed by atoms with Crippen LogP contribution in [-0.4, -0.2) is 46.8 Å². The van der Waals surface area contributed by atoms with E-state index >= 15 is 0 Å². The van der Waals surface area contributed by atoms with E-state index < -0.39 is 0 Å². The van der Waals surface area contributed by atoms with Gasteiger partial charge in [-0.25, -0.2) is 0 Å². The first-order valence-corrected chi connectivity index (χ1v) is 10.9. The molecule has 0 N–H and O–H groups in total. The first-order valence-electron chi connectivity index (χ1n) is 10.9. The highest BCUT2D eigenvalue weighted by Gasteiger charge is 2.27. The minimum absolute atomic E-state index is 0.0468. The molecule has 2 aromatic carbocycles. The number of nitrogens with zero attached hydrogens (tertiary/aromatic N) is 3. The number of ether oxygens (including phenoxy) is 2. The lowest BCUT2D eigenvalue weighted by molar-refractivity contribution is 0.0812. The van der Waals surface area contributed by atoms with E-state index in [-0.39, 0.29) is 11.7 Å². The molecule has 0 saturated carbocycles. The zero-order valence-electron chi connectivity index (χ0n) is 17.8. The Morgan fingerprint density at radius 3 is 2.74 bits per heavy atom. The van der Waals surface area contributed by atoms with Crippen LogP contribution in [0.15, 0.2) is 54.7 Å². The van der Waals surface area contributed by atoms with Crippen LogP contribution in [0.25, 0.3) is 11.3 Å². The maximum Gasteiger partial charge on any atom is 0.167 e. The van der Waals surface area contributed by atoms with Gasteiger partial charge in [0.25, 0.3) is 0 Å². The Hall–Kier alpha value is -3.12. The van der Waals surface area contributed by atoms with Gasteiger partial charge in [0.15, 0.2) is 17.3 Å². The quantitative estimate of drug-likeness (QED) is 0.589. The van der Waals surface area contributed by atoms with E-state index in [1.54, 1.807) is 0 Å². The average molecular weight is 418 g/mol. The van der Waals surface area contributed by atoms with E-state index in [0.717, 1.165) is 66.4 Å². The van der Waals surface area contributed by atoms with Gasteiger partial charge in [-0.2, -0.15) is 5.10 Å². The first kappa shape index (κ1) is 19.8. The minimum atomic E-state index is 0.0468. The van der Waals surface area contributed by atoms with Gasteiger partial charge in [0.1, 0.15) is 13.2 Å². The smallest absolute Gasteiger partial charge is 0.167 e. The van der Waals surface area contributed by atoms with Gasteiger partial charge in [-0.3, -0.25) is 14.4 Å². The van der Waals surface area contributed by atoms with E-state index in [9.17, 15) is 4.79 Å². The second-order valence-corrected chi connectivity index (χ2v) is 8.34. The van der Waals surface area contributed by atoms with Crippen molar-refractivity contribution in [3.05, 3.63) is 65.9 Å². The molecule has 6 nitrogen and oxygen atoms in total. The van der Waals surface area contributed by atoms with Crippen molar-refractivity contribution in [3.8, 4) is 22.8 Å². The molecular weight excluding hydrogens is 390 g/mol. The molecule has 1 unspecified atom stereocenters. The molecule has 2 aliphatic heterocycles. The number of carbonyl (C=O) groups is 1. The number of hydrogen-bond acceptors (Lipinski definition) is 5. The number of carbonyl (C=O) groups excluding carboxylic acids is 1. The maximum atomic E-state index is 13.0. The van der Waals surface area contributed by atoms with E-state index in [0.29, 0.717) is 13.2 Å². The molecule has 1 aromatic heterocycles. The highest BCUT2D eigenvalue weighted by molar-refractivity contribution is 5.98. The SMILES string of the molecule is Cn1cc(CN2CCCC(C(=O)c3ccccc3)C2)c(-c2ccc3c(c2)OCCO3)n1. The van der Waals surface area contributed by atoms with Crippen LogP contribution in [0.3, 0.4) is 0 Å². The van der Waals surface area contributed by atoms with E-state index in [4.69, 9.17) is 14.6 Å². The fourth-order valence-corrected chi connectivity index (χ4v) is 4.58. The maximum absolute atomic E-state index is 13.0. The molecule has 1 fully saturated rings. The van der Waals surface area contributed by atoms with Gasteiger partial charge in [-0.05, 0) is 37.6 Å². The Labute approximate surface area is 182 Å². The normalized spacial score (nSPS) is 18.7. The third kappa shape index (κ3) is 4.21. The van der Waals surface area contributed by atoms with Crippen molar-refractivity contribution in [2.75, 3.05) is 26.3 Å². The Kier molecular flexibility index (Phi) is 5.47. The van der Waals surface area contributed by atoms with Crippen molar-refractivity contribution in [2.45, 2.75) is 19.4 Å². The summed E-state index contributed by atoms with van der Waals surface area (Å²) in [6.07, 6.45) is 4.06. The molecule has 6 heteroatoms. The van der Waals surface area contributed by atoms with Crippen molar-refractivity contribution in [3.63, 3.8) is 0 Å². The van der Waals surface area contributed by atoms with Crippen molar-refractivity contribution in [1.29, 1.82) is 0 Å². The fraction of sp³-hybridized carbons (Fsp3) is 0.360. The van der Waals surface area contributed by atoms with Crippen LogP contribution in [0.1, 0.15) is 28.8 Å². The van der Waals surface area contributed by atoms with Gasteiger partial charge in [0, 0.05) is 48.9 Å². The van der Waals surface area contributed by atoms with Gasteiger partial charge in [-0.1, -0.05) is 30.3 Å². The van der Waals surface area contributed by atoms with Crippen LogP contribution >= 0.6 is 0 Å². The highest BCUT2D eigenvalue weighted by Crippen LogP contribution is 2.35. The molecule has 1 saturated heterocycles. The van der Waals surface area contributed by atoms with Gasteiger partial charge >= 0.3 is 0 Å². The van der Waals surface area contributed by atoms with Crippen LogP contribution < -0.4 is 9.47 Å². The zero-order valence-corrected chi connectivity index (χ0v) is 17.8. The molecule has 2 aliphatic rings. The molecule has 1 atom stereocenters. The molecule has 0 aliphatic carbocycles. The average Bonchev–Trinajstić information content (AvgIpc) is 3.19. The van der Waals surface area contributed by atoms with Crippen molar-refractivity contribution >= 4 is 5.78 Å². The third-order valence-corrected chi connectivity index (χ3v) is 6.05. The summed E-state index contributed by atoms with van der Waals surface area (Å²) in [5, 5.41) is 4.72. The Morgan fingerprint density at radius 1 is 1.10 bits per heavy atom. The number of aromatic nitrogens is 2. The van der Waals surface area contributed by atoms with Crippen LogP contribution in [-0.2, 0) is 13.6 Å². The van der Waals surface area contributed by atoms with E-state index in [2.05, 4.69) is 11.1 Å². The molecule has 3 aromatic rings. The number of rotatable bonds is 5. The number of hydrogen-bond donors (Lipinski definition) is 0. The standard InChI is InChI=1S/C25H27N3O3/c1-27-15-21(24(26-27)19-9-10-22-23(14-19)31-13-12-30-22)17-28-11-5-8-20(16-28)25(29)18-6-3-2-4-7-18/h2-4,6-7,9-10,14-15,20H,5,8,11-13,16-17H2,1H3. The summed E-state index contributed by atoms with van der Waals surface area (Å²) in [5.41, 5.74) is 3.95. The zero-order chi connectivity index (χ0) is 21.2. The van der Waals surface area contributed by atoms with E-state index in [1.165, 1.54) is 0 Å². The third-order valence-electron chi connectivity index (χ3n) is 6.05. The molecule has 0 spiro atoms. The molecule has 0 radical (unpaired) electrons. The highest BCUT2D eigenvalue weighted by atomic mass is 16.6. The summed E-state index contributed by atoms with van der Waals surface area (Å²) in [7, 11) is 1.95. The molecule has 0 bridgehead atoms. The number of ketones is 1. The molecule has 3 heterocycles. The Balaban J connectivity index is 1.34. The van der Waals surface area contributed by atoms with E-state index in [1.807, 2.05) is 60.3 Å². The predicted octanol–water partition coefficient (Wildman–Crippen LogP) is 3.95. The molecule has 5 rings (SSSR count). The summed E-state index contributed by atoms with van der Waals surface area (Å²) >= 11 is 0. The topological polar surface area (TPSA) is 56.6 Å². The molecule has 160 valence electrons. The lowest BCUT2D eigenvalue weighted by Gasteiger charge is -2.32. The summed E-state index contributed by atoms with van der Waals surface area (Å²) < 4.78 is 13.3. The van der Waals surface area contributed by atoms with Crippen molar-refractivity contribution < 1.29 is 14.3 Å². The summed E-state index contributed by atoms with van der Waals surface area (Å²) in [6, 6.07) is 15.7. The number of aryl methyl sites for hydroxylation is 1. The summed E-state index contributed by atoms with van der Waals surface area (Å²) in [6.45, 7) is 3.70. The number of fused-ring (bicyclic) bond motifs is 1. The Morgan fingerprint density at radius 2 is 1.90 bits per heavy atom. The van der Waals surface area contributed by atoms with Crippen molar-refractivity contribution in [1.82, 2.24) is 14.7 Å².